The van der Waals surface area contributed by atoms with Gasteiger partial charge in [-0.15, -0.1) is 0 Å². The lowest BCUT2D eigenvalue weighted by atomic mass is 10.1. The minimum atomic E-state index is -0.879. The highest BCUT2D eigenvalue weighted by molar-refractivity contribution is 5.97. The molecule has 0 fully saturated rings. The van der Waals surface area contributed by atoms with E-state index in [9.17, 15) is 14.9 Å². The van der Waals surface area contributed by atoms with E-state index in [1.54, 1.807) is 30.3 Å². The van der Waals surface area contributed by atoms with Crippen LogP contribution >= 0.6 is 0 Å². The van der Waals surface area contributed by atoms with Gasteiger partial charge in [0, 0.05) is 6.07 Å². The fourth-order valence-corrected chi connectivity index (χ4v) is 1.76. The molecule has 102 valence electrons. The van der Waals surface area contributed by atoms with Crippen molar-refractivity contribution in [3.8, 4) is 0 Å². The number of anilines is 1. The van der Waals surface area contributed by atoms with Crippen LogP contribution in [-0.2, 0) is 4.79 Å². The van der Waals surface area contributed by atoms with Crippen LogP contribution in [0.2, 0.25) is 0 Å². The molecule has 2 aromatic rings. The summed E-state index contributed by atoms with van der Waals surface area (Å²) in [7, 11) is 0. The van der Waals surface area contributed by atoms with Crippen LogP contribution in [0.1, 0.15) is 11.6 Å². The van der Waals surface area contributed by atoms with Crippen molar-refractivity contribution in [3.63, 3.8) is 0 Å². The van der Waals surface area contributed by atoms with Gasteiger partial charge in [0.2, 0.25) is 5.91 Å². The van der Waals surface area contributed by atoms with E-state index in [1.807, 2.05) is 6.07 Å². The molecule has 0 spiro atoms. The SMILES string of the molecule is NC(C(=O)Nc1ccccc1[N+](=O)[O-])c1ccccc1. The van der Waals surface area contributed by atoms with Gasteiger partial charge in [-0.25, -0.2) is 0 Å². The number of nitrogens with zero attached hydrogens (tertiary/aromatic N) is 1. The fourth-order valence-electron chi connectivity index (χ4n) is 1.76. The molecule has 20 heavy (non-hydrogen) atoms. The second-order valence-electron chi connectivity index (χ2n) is 4.15. The predicted octanol–water partition coefficient (Wildman–Crippen LogP) is 2.23. The van der Waals surface area contributed by atoms with Gasteiger partial charge in [0.05, 0.1) is 4.92 Å². The van der Waals surface area contributed by atoms with Crippen molar-refractivity contribution in [3.05, 3.63) is 70.3 Å². The fraction of sp³-hybridized carbons (Fsp3) is 0.0714. The van der Waals surface area contributed by atoms with Crippen LogP contribution in [0, 0.1) is 10.1 Å². The average molecular weight is 271 g/mol. The smallest absolute Gasteiger partial charge is 0.292 e. The summed E-state index contributed by atoms with van der Waals surface area (Å²) in [5.74, 6) is -0.495. The van der Waals surface area contributed by atoms with Crippen molar-refractivity contribution in [1.82, 2.24) is 0 Å². The molecule has 0 heterocycles. The molecule has 0 radical (unpaired) electrons. The van der Waals surface area contributed by atoms with Gasteiger partial charge in [-0.3, -0.25) is 14.9 Å². The first kappa shape index (κ1) is 13.7. The van der Waals surface area contributed by atoms with Crippen molar-refractivity contribution in [2.45, 2.75) is 6.04 Å². The highest BCUT2D eigenvalue weighted by Crippen LogP contribution is 2.24. The first-order valence-corrected chi connectivity index (χ1v) is 5.94. The Bertz CT molecular complexity index is 629. The Morgan fingerprint density at radius 1 is 1.10 bits per heavy atom. The summed E-state index contributed by atoms with van der Waals surface area (Å²) in [6, 6.07) is 13.9. The summed E-state index contributed by atoms with van der Waals surface area (Å²) < 4.78 is 0. The third-order valence-electron chi connectivity index (χ3n) is 2.80. The third-order valence-corrected chi connectivity index (χ3v) is 2.80. The van der Waals surface area contributed by atoms with Crippen molar-refractivity contribution < 1.29 is 9.72 Å². The van der Waals surface area contributed by atoms with Crippen LogP contribution in [0.3, 0.4) is 0 Å². The quantitative estimate of drug-likeness (QED) is 0.658. The highest BCUT2D eigenvalue weighted by Gasteiger charge is 2.19. The van der Waals surface area contributed by atoms with Gasteiger partial charge in [-0.2, -0.15) is 0 Å². The molecule has 6 nitrogen and oxygen atoms in total. The Morgan fingerprint density at radius 3 is 2.35 bits per heavy atom. The summed E-state index contributed by atoms with van der Waals surface area (Å²) in [6.07, 6.45) is 0. The first-order valence-electron chi connectivity index (χ1n) is 5.94. The minimum absolute atomic E-state index is 0.133. The van der Waals surface area contributed by atoms with Crippen molar-refractivity contribution >= 4 is 17.3 Å². The number of nitrogens with two attached hydrogens (primary N) is 1. The monoisotopic (exact) mass is 271 g/mol. The zero-order valence-corrected chi connectivity index (χ0v) is 10.5. The second-order valence-corrected chi connectivity index (χ2v) is 4.15. The molecule has 0 aliphatic rings. The lowest BCUT2D eigenvalue weighted by Crippen LogP contribution is -2.27. The van der Waals surface area contributed by atoms with E-state index in [1.165, 1.54) is 18.2 Å². The average Bonchev–Trinajstić information content (AvgIpc) is 2.47. The number of amides is 1. The topological polar surface area (TPSA) is 98.3 Å². The van der Waals surface area contributed by atoms with E-state index in [4.69, 9.17) is 5.73 Å². The molecule has 0 aromatic heterocycles. The Hall–Kier alpha value is -2.73. The second kappa shape index (κ2) is 5.94. The van der Waals surface area contributed by atoms with E-state index in [0.29, 0.717) is 5.56 Å². The molecule has 2 aromatic carbocycles. The maximum atomic E-state index is 12.0. The zero-order chi connectivity index (χ0) is 14.5. The number of para-hydroxylation sites is 2. The Labute approximate surface area is 115 Å². The predicted molar refractivity (Wildman–Crippen MR) is 75.1 cm³/mol. The van der Waals surface area contributed by atoms with E-state index in [2.05, 4.69) is 5.32 Å². The Kier molecular flexibility index (Phi) is 4.07. The largest absolute Gasteiger partial charge is 0.319 e. The molecule has 1 unspecified atom stereocenters. The number of hydrogen-bond acceptors (Lipinski definition) is 4. The molecule has 1 atom stereocenters. The minimum Gasteiger partial charge on any atom is -0.319 e. The molecule has 3 N–H and O–H groups in total. The maximum absolute atomic E-state index is 12.0. The van der Waals surface area contributed by atoms with Gasteiger partial charge in [0.25, 0.3) is 5.69 Å². The highest BCUT2D eigenvalue weighted by atomic mass is 16.6. The zero-order valence-electron chi connectivity index (χ0n) is 10.5. The Balaban J connectivity index is 2.18. The van der Waals surface area contributed by atoms with Gasteiger partial charge >= 0.3 is 0 Å². The van der Waals surface area contributed by atoms with E-state index >= 15 is 0 Å². The number of hydrogen-bond donors (Lipinski definition) is 2. The standard InChI is InChI=1S/C14H13N3O3/c15-13(10-6-2-1-3-7-10)14(18)16-11-8-4-5-9-12(11)17(19)20/h1-9,13H,15H2,(H,16,18). The molecule has 1 amide bonds. The molecule has 0 saturated heterocycles. The van der Waals surface area contributed by atoms with Gasteiger partial charge in [0.15, 0.2) is 0 Å². The molecule has 2 rings (SSSR count). The molecular weight excluding hydrogens is 258 g/mol. The van der Waals surface area contributed by atoms with E-state index in [0.717, 1.165) is 0 Å². The first-order chi connectivity index (χ1) is 9.59. The lowest BCUT2D eigenvalue weighted by molar-refractivity contribution is -0.383. The maximum Gasteiger partial charge on any atom is 0.292 e. The molecular formula is C14H13N3O3. The van der Waals surface area contributed by atoms with E-state index in [-0.39, 0.29) is 11.4 Å². The van der Waals surface area contributed by atoms with Crippen LogP contribution < -0.4 is 11.1 Å². The lowest BCUT2D eigenvalue weighted by Gasteiger charge is -2.12. The molecule has 0 aliphatic carbocycles. The molecule has 6 heteroatoms. The summed E-state index contributed by atoms with van der Waals surface area (Å²) in [5.41, 5.74) is 6.44. The number of carbonyl (C=O) groups excluding carboxylic acids is 1. The summed E-state index contributed by atoms with van der Waals surface area (Å²) in [5, 5.41) is 13.4. The third kappa shape index (κ3) is 2.99. The van der Waals surface area contributed by atoms with Gasteiger partial charge in [-0.05, 0) is 11.6 Å². The normalized spacial score (nSPS) is 11.7. The number of nitro groups is 1. The number of nitrogens with one attached hydrogen (secondary N) is 1. The van der Waals surface area contributed by atoms with Crippen molar-refractivity contribution in [1.29, 1.82) is 0 Å². The Morgan fingerprint density at radius 2 is 1.70 bits per heavy atom. The van der Waals surface area contributed by atoms with Crippen LogP contribution in [0.25, 0.3) is 0 Å². The van der Waals surface area contributed by atoms with Crippen LogP contribution in [0.5, 0.6) is 0 Å². The van der Waals surface area contributed by atoms with Crippen LogP contribution in [-0.4, -0.2) is 10.8 Å². The van der Waals surface area contributed by atoms with Gasteiger partial charge in [0.1, 0.15) is 11.7 Å². The van der Waals surface area contributed by atoms with Gasteiger partial charge in [-0.1, -0.05) is 42.5 Å². The van der Waals surface area contributed by atoms with E-state index < -0.39 is 16.9 Å². The van der Waals surface area contributed by atoms with Gasteiger partial charge < -0.3 is 11.1 Å². The number of benzene rings is 2. The molecule has 0 bridgehead atoms. The number of nitro benzene ring substituents is 1. The number of rotatable bonds is 4. The summed E-state index contributed by atoms with van der Waals surface area (Å²) in [6.45, 7) is 0. The van der Waals surface area contributed by atoms with Crippen LogP contribution in [0.15, 0.2) is 54.6 Å². The summed E-state index contributed by atoms with van der Waals surface area (Å²) >= 11 is 0. The van der Waals surface area contributed by atoms with Crippen LogP contribution in [0.4, 0.5) is 11.4 Å². The van der Waals surface area contributed by atoms with Crippen molar-refractivity contribution in [2.75, 3.05) is 5.32 Å². The van der Waals surface area contributed by atoms with Crippen molar-refractivity contribution in [2.24, 2.45) is 5.73 Å². The molecule has 0 saturated carbocycles. The number of carbonyl (C=O) groups is 1. The summed E-state index contributed by atoms with van der Waals surface area (Å²) in [4.78, 5) is 22.3. The molecule has 0 aliphatic heterocycles.